The van der Waals surface area contributed by atoms with Gasteiger partial charge in [-0.15, -0.1) is 0 Å². The van der Waals surface area contributed by atoms with Crippen LogP contribution in [-0.2, 0) is 10.8 Å². The average molecular weight is 927 g/mol. The smallest absolute Gasteiger partial charge is 0.252 e. The molecule has 3 nitrogen and oxygen atoms in total. The van der Waals surface area contributed by atoms with Crippen LogP contribution in [0.1, 0.15) is 54.2 Å². The molecule has 3 aliphatic heterocycles. The van der Waals surface area contributed by atoms with E-state index in [-0.39, 0.29) is 12.1 Å². The second-order valence-electron chi connectivity index (χ2n) is 20.9. The number of anilines is 6. The number of para-hydroxylation sites is 2. The number of hydrogen-bond acceptors (Lipinski definition) is 4. The van der Waals surface area contributed by atoms with Gasteiger partial charge < -0.3 is 14.2 Å². The Hall–Kier alpha value is -7.99. The van der Waals surface area contributed by atoms with E-state index in [9.17, 15) is 0 Å². The molecule has 1 spiro atoms. The SMILES string of the molecule is Cc1cc2c3c(c1)N(c1cccc4c1oc1ccccc14)c1cc4c(cc1B3c1cc(C(C)(C)C)ccc1N2c1cccc(-c2ccccc2)c1)C1(c2ccccc2Sc2ccccc21)c1ccccc1-4. The van der Waals surface area contributed by atoms with Crippen LogP contribution in [-0.4, -0.2) is 6.71 Å². The normalized spacial score (nSPS) is 14.5. The third kappa shape index (κ3) is 5.64. The molecule has 0 saturated carbocycles. The molecule has 15 rings (SSSR count). The van der Waals surface area contributed by atoms with Crippen LogP contribution < -0.4 is 26.2 Å². The van der Waals surface area contributed by atoms with Crippen molar-refractivity contribution in [3.8, 4) is 22.3 Å². The van der Waals surface area contributed by atoms with Crippen LogP contribution in [0.5, 0.6) is 0 Å². The molecule has 5 heteroatoms. The number of rotatable bonds is 3. The number of fused-ring (bicyclic) bond motifs is 16. The molecule has 4 heterocycles. The van der Waals surface area contributed by atoms with Crippen molar-refractivity contribution in [2.45, 2.75) is 48.3 Å². The van der Waals surface area contributed by atoms with E-state index in [1.807, 2.05) is 11.8 Å². The standard InChI is InChI=1S/C66H47BN2OS/c1-40-34-58-63-59(35-40)69(56-28-17-24-47-46-23-9-13-29-60(46)70-64(47)56)57-38-48-45-22-8-10-25-49(45)66(50-26-11-14-30-61(50)71-62-31-15-12-27-51(62)66)52(48)39-54(57)67(63)53-37-43(65(2,3)4)32-33-55(53)68(58)44-21-16-20-42(36-44)41-18-6-5-7-19-41/h5-39H,1-4H3. The maximum atomic E-state index is 7.01. The van der Waals surface area contributed by atoms with Crippen molar-refractivity contribution in [3.05, 3.63) is 246 Å². The molecule has 0 atom stereocenters. The molecular weight excluding hydrogens is 880 g/mol. The summed E-state index contributed by atoms with van der Waals surface area (Å²) in [4.78, 5) is 7.72. The van der Waals surface area contributed by atoms with E-state index in [0.29, 0.717) is 0 Å². The van der Waals surface area contributed by atoms with E-state index in [0.717, 1.165) is 33.3 Å². The quantitative estimate of drug-likeness (QED) is 0.164. The molecule has 0 amide bonds. The molecular formula is C66H47BN2OS. The van der Waals surface area contributed by atoms with Gasteiger partial charge in [-0.1, -0.05) is 184 Å². The highest BCUT2D eigenvalue weighted by atomic mass is 32.2. The topological polar surface area (TPSA) is 19.6 Å². The molecule has 10 aromatic carbocycles. The van der Waals surface area contributed by atoms with E-state index >= 15 is 0 Å². The highest BCUT2D eigenvalue weighted by Gasteiger charge is 2.53. The van der Waals surface area contributed by atoms with Crippen LogP contribution in [0, 0.1) is 6.92 Å². The fourth-order valence-corrected chi connectivity index (χ4v) is 14.0. The summed E-state index contributed by atoms with van der Waals surface area (Å²) >= 11 is 1.90. The second-order valence-corrected chi connectivity index (χ2v) is 21.9. The van der Waals surface area contributed by atoms with Crippen LogP contribution in [0.2, 0.25) is 0 Å². The Kier molecular flexibility index (Phi) is 8.50. The summed E-state index contributed by atoms with van der Waals surface area (Å²) in [6, 6.07) is 80.0. The van der Waals surface area contributed by atoms with Gasteiger partial charge in [-0.05, 0) is 145 Å². The molecule has 4 aliphatic rings. The molecule has 0 fully saturated rings. The lowest BCUT2D eigenvalue weighted by Crippen LogP contribution is -2.61. The van der Waals surface area contributed by atoms with Crippen molar-refractivity contribution in [1.82, 2.24) is 0 Å². The Bertz CT molecular complexity index is 4020. The molecule has 0 radical (unpaired) electrons. The molecule has 1 aliphatic carbocycles. The second kappa shape index (κ2) is 14.8. The summed E-state index contributed by atoms with van der Waals surface area (Å²) in [6.07, 6.45) is 0. The first-order valence-electron chi connectivity index (χ1n) is 24.9. The summed E-state index contributed by atoms with van der Waals surface area (Å²) in [6.45, 7) is 9.19. The van der Waals surface area contributed by atoms with Gasteiger partial charge >= 0.3 is 0 Å². The van der Waals surface area contributed by atoms with Gasteiger partial charge in [0.05, 0.1) is 11.1 Å². The van der Waals surface area contributed by atoms with E-state index in [4.69, 9.17) is 4.42 Å². The third-order valence-corrected chi connectivity index (χ3v) is 17.0. The molecule has 1 aromatic heterocycles. The summed E-state index contributed by atoms with van der Waals surface area (Å²) in [5.41, 5.74) is 24.8. The van der Waals surface area contributed by atoms with Crippen LogP contribution >= 0.6 is 11.8 Å². The summed E-state index contributed by atoms with van der Waals surface area (Å²) in [5, 5.41) is 2.23. The zero-order chi connectivity index (χ0) is 47.3. The lowest BCUT2D eigenvalue weighted by Gasteiger charge is -2.45. The Morgan fingerprint density at radius 3 is 1.90 bits per heavy atom. The maximum Gasteiger partial charge on any atom is 0.252 e. The number of benzene rings is 10. The van der Waals surface area contributed by atoms with Crippen molar-refractivity contribution in [2.75, 3.05) is 9.80 Å². The number of nitrogens with zero attached hydrogens (tertiary/aromatic N) is 2. The van der Waals surface area contributed by atoms with Crippen LogP contribution in [0.3, 0.4) is 0 Å². The average Bonchev–Trinajstić information content (AvgIpc) is 3.92. The minimum absolute atomic E-state index is 0.0826. The zero-order valence-corrected chi connectivity index (χ0v) is 40.8. The fraction of sp³-hybridized carbons (Fsp3) is 0.0909. The fourth-order valence-electron chi connectivity index (χ4n) is 12.8. The summed E-state index contributed by atoms with van der Waals surface area (Å²) in [7, 11) is 0. The van der Waals surface area contributed by atoms with Crippen molar-refractivity contribution < 1.29 is 4.42 Å². The van der Waals surface area contributed by atoms with Gasteiger partial charge in [0.2, 0.25) is 0 Å². The van der Waals surface area contributed by atoms with Crippen LogP contribution in [0.15, 0.2) is 227 Å². The van der Waals surface area contributed by atoms with Gasteiger partial charge in [0, 0.05) is 49.0 Å². The number of aryl methyl sites for hydroxylation is 1. The van der Waals surface area contributed by atoms with E-state index in [1.54, 1.807) is 0 Å². The highest BCUT2D eigenvalue weighted by Crippen LogP contribution is 2.63. The molecule has 71 heavy (non-hydrogen) atoms. The zero-order valence-electron chi connectivity index (χ0n) is 40.0. The maximum absolute atomic E-state index is 7.01. The van der Waals surface area contributed by atoms with Gasteiger partial charge in [0.1, 0.15) is 5.58 Å². The monoisotopic (exact) mass is 926 g/mol. The Morgan fingerprint density at radius 2 is 1.11 bits per heavy atom. The molecule has 11 aromatic rings. The first kappa shape index (κ1) is 40.9. The first-order chi connectivity index (χ1) is 34.8. The lowest BCUT2D eigenvalue weighted by molar-refractivity contribution is 0.591. The van der Waals surface area contributed by atoms with Gasteiger partial charge in [0.15, 0.2) is 5.58 Å². The molecule has 0 N–H and O–H groups in total. The van der Waals surface area contributed by atoms with E-state index in [2.05, 4.69) is 250 Å². The molecule has 0 unspecified atom stereocenters. The molecule has 0 bridgehead atoms. The summed E-state index contributed by atoms with van der Waals surface area (Å²) in [5.74, 6) is 0. The molecule has 0 saturated heterocycles. The minimum atomic E-state index is -0.534. The van der Waals surface area contributed by atoms with Crippen molar-refractivity contribution in [2.24, 2.45) is 0 Å². The first-order valence-corrected chi connectivity index (χ1v) is 25.7. The van der Waals surface area contributed by atoms with E-state index in [1.165, 1.54) is 105 Å². The third-order valence-electron chi connectivity index (χ3n) is 15.9. The predicted molar refractivity (Wildman–Crippen MR) is 298 cm³/mol. The highest BCUT2D eigenvalue weighted by molar-refractivity contribution is 7.99. The van der Waals surface area contributed by atoms with Gasteiger partial charge in [-0.25, -0.2) is 0 Å². The minimum Gasteiger partial charge on any atom is -0.454 e. The Balaban J connectivity index is 1.09. The van der Waals surface area contributed by atoms with E-state index < -0.39 is 5.41 Å². The summed E-state index contributed by atoms with van der Waals surface area (Å²) < 4.78 is 7.01. The van der Waals surface area contributed by atoms with Gasteiger partial charge in [0.25, 0.3) is 6.71 Å². The van der Waals surface area contributed by atoms with Crippen LogP contribution in [0.4, 0.5) is 34.1 Å². The van der Waals surface area contributed by atoms with Crippen molar-refractivity contribution >= 4 is 90.9 Å². The number of furan rings is 1. The van der Waals surface area contributed by atoms with Gasteiger partial charge in [-0.2, -0.15) is 0 Å². The lowest BCUT2D eigenvalue weighted by atomic mass is 9.33. The number of hydrogen-bond donors (Lipinski definition) is 0. The van der Waals surface area contributed by atoms with Crippen molar-refractivity contribution in [1.29, 1.82) is 0 Å². The van der Waals surface area contributed by atoms with Crippen molar-refractivity contribution in [3.63, 3.8) is 0 Å². The Labute approximate surface area is 419 Å². The van der Waals surface area contributed by atoms with Gasteiger partial charge in [-0.3, -0.25) is 0 Å². The predicted octanol–water partition coefficient (Wildman–Crippen LogP) is 15.8. The Morgan fingerprint density at radius 1 is 0.465 bits per heavy atom. The van der Waals surface area contributed by atoms with Crippen LogP contribution in [0.25, 0.3) is 44.2 Å². The largest absolute Gasteiger partial charge is 0.454 e. The molecule has 336 valence electrons.